The molecule has 0 heterocycles. The summed E-state index contributed by atoms with van der Waals surface area (Å²) in [7, 11) is -4.43. The van der Waals surface area contributed by atoms with Crippen LogP contribution < -0.4 is 33.1 Å². The van der Waals surface area contributed by atoms with E-state index in [0.717, 1.165) is 16.0 Å². The van der Waals surface area contributed by atoms with Gasteiger partial charge >= 0.3 is 17.9 Å². The molecule has 20 heteroatoms. The van der Waals surface area contributed by atoms with Gasteiger partial charge in [0.2, 0.25) is 13.4 Å². The molecule has 0 radical (unpaired) electrons. The first-order valence-electron chi connectivity index (χ1n) is 22.3. The molecule has 1 amide bonds. The fraction of sp³-hybridized carbons (Fsp3) is 0.468. The third kappa shape index (κ3) is 23.1. The van der Waals surface area contributed by atoms with Crippen LogP contribution in [0.15, 0.2) is 106 Å². The maximum atomic E-state index is 16.0. The van der Waals surface area contributed by atoms with Crippen molar-refractivity contribution in [2.45, 2.75) is 97.2 Å². The van der Waals surface area contributed by atoms with Crippen LogP contribution in [0.25, 0.3) is 0 Å². The van der Waals surface area contributed by atoms with Crippen LogP contribution in [0.5, 0.6) is 0 Å². The summed E-state index contributed by atoms with van der Waals surface area (Å²) in [4.78, 5) is 70.4. The first-order chi connectivity index (χ1) is 32.2. The standard InChI is InChI=1S/C47H69N10O8PS/c1-35(49)52-25-15-13-23-41(45(59)63-30-38-17-7-4-8-18-38)55-66(62,56-42(24-14-16-26-53-36(2)50)46(60)64-31-39-19-9-5-10-20-39)34-57(44(58)29-48)43(33-67-28-27-54-37(3)51)47(61)65-32-40-21-11-6-12-22-40/h4-12,17-22,41-43H,13-16,23-34,48H2,1-3H3,(H2,49,52)(H2,50,53)(H2,51,54)(H2,55,56,62). The van der Waals surface area contributed by atoms with Crippen molar-refractivity contribution in [3.63, 3.8) is 0 Å². The molecule has 3 aromatic rings. The number of hydrogen-bond acceptors (Lipinski definition) is 13. The summed E-state index contributed by atoms with van der Waals surface area (Å²) in [5.41, 5.74) is 25.5. The van der Waals surface area contributed by atoms with Crippen LogP contribution in [-0.2, 0) is 57.8 Å². The monoisotopic (exact) mass is 964 g/mol. The normalized spacial score (nSPS) is 14.3. The molecule has 0 spiro atoms. The Balaban J connectivity index is 2.13. The second-order valence-corrected chi connectivity index (χ2v) is 19.2. The highest BCUT2D eigenvalue weighted by atomic mass is 32.2. The number of unbranched alkanes of at least 4 members (excludes halogenated alkanes) is 2. The Morgan fingerprint density at radius 1 is 0.612 bits per heavy atom. The number of nitrogens with zero attached hydrogens (tertiary/aromatic N) is 4. The number of carbonyl (C=O) groups excluding carboxylic acids is 4. The van der Waals surface area contributed by atoms with Crippen molar-refractivity contribution in [1.82, 2.24) is 15.1 Å². The van der Waals surface area contributed by atoms with Crippen LogP contribution in [0.3, 0.4) is 0 Å². The first kappa shape index (κ1) is 55.7. The third-order valence-corrected chi connectivity index (χ3v) is 13.0. The topological polar surface area (TPSA) is 282 Å². The zero-order valence-electron chi connectivity index (χ0n) is 38.9. The van der Waals surface area contributed by atoms with E-state index in [1.165, 1.54) is 11.8 Å². The van der Waals surface area contributed by atoms with Crippen LogP contribution >= 0.6 is 19.2 Å². The molecular formula is C47H69N10O8PS. The largest absolute Gasteiger partial charge is 0.460 e. The lowest BCUT2D eigenvalue weighted by Gasteiger charge is -2.36. The number of benzene rings is 3. The van der Waals surface area contributed by atoms with Crippen molar-refractivity contribution in [1.29, 1.82) is 0 Å². The highest BCUT2D eigenvalue weighted by Crippen LogP contribution is 2.41. The van der Waals surface area contributed by atoms with Gasteiger partial charge in [0.15, 0.2) is 0 Å². The second-order valence-electron chi connectivity index (χ2n) is 15.7. The van der Waals surface area contributed by atoms with Crippen molar-refractivity contribution in [2.24, 2.45) is 37.9 Å². The number of amides is 1. The van der Waals surface area contributed by atoms with Gasteiger partial charge in [0.05, 0.1) is 24.1 Å². The van der Waals surface area contributed by atoms with Gasteiger partial charge < -0.3 is 42.0 Å². The lowest BCUT2D eigenvalue weighted by atomic mass is 10.1. The number of thioether (sulfide) groups is 1. The fourth-order valence-electron chi connectivity index (χ4n) is 6.46. The predicted octanol–water partition coefficient (Wildman–Crippen LogP) is 4.64. The van der Waals surface area contributed by atoms with E-state index in [1.807, 2.05) is 42.5 Å². The van der Waals surface area contributed by atoms with Crippen molar-refractivity contribution in [2.75, 3.05) is 44.0 Å². The lowest BCUT2D eigenvalue weighted by molar-refractivity contribution is -0.154. The molecule has 0 bridgehead atoms. The maximum Gasteiger partial charge on any atom is 0.330 e. The Morgan fingerprint density at radius 3 is 1.39 bits per heavy atom. The molecule has 3 unspecified atom stereocenters. The zero-order chi connectivity index (χ0) is 48.9. The number of ether oxygens (including phenoxy) is 3. The molecule has 0 aliphatic heterocycles. The summed E-state index contributed by atoms with van der Waals surface area (Å²) in [5.74, 6) is -1.38. The average Bonchev–Trinajstić information content (AvgIpc) is 3.31. The van der Waals surface area contributed by atoms with Crippen LogP contribution in [0.4, 0.5) is 0 Å². The molecule has 0 fully saturated rings. The van der Waals surface area contributed by atoms with Crippen LogP contribution in [0.2, 0.25) is 0 Å². The third-order valence-electron chi connectivity index (χ3n) is 9.86. The molecule has 0 aliphatic carbocycles. The molecule has 3 atom stereocenters. The average molecular weight is 965 g/mol. The Hall–Kier alpha value is -5.59. The first-order valence-corrected chi connectivity index (χ1v) is 25.4. The van der Waals surface area contributed by atoms with E-state index in [0.29, 0.717) is 74.1 Å². The molecule has 0 aliphatic rings. The number of nitrogens with one attached hydrogen (secondary N) is 2. The van der Waals surface area contributed by atoms with Crippen LogP contribution in [0.1, 0.15) is 76.0 Å². The molecule has 3 aromatic carbocycles. The van der Waals surface area contributed by atoms with E-state index in [2.05, 4.69) is 25.2 Å². The smallest absolute Gasteiger partial charge is 0.330 e. The number of aliphatic imine (C=N–C) groups is 3. The van der Waals surface area contributed by atoms with Crippen molar-refractivity contribution in [3.8, 4) is 0 Å². The highest BCUT2D eigenvalue weighted by Gasteiger charge is 2.41. The number of carbonyl (C=O) groups is 4. The molecule has 0 saturated heterocycles. The quantitative estimate of drug-likeness (QED) is 0.0124. The molecule has 0 saturated carbocycles. The second kappa shape index (κ2) is 31.4. The molecular weight excluding hydrogens is 896 g/mol. The number of rotatable bonds is 32. The van der Waals surface area contributed by atoms with E-state index in [4.69, 9.17) is 37.1 Å². The van der Waals surface area contributed by atoms with Gasteiger partial charge in [-0.2, -0.15) is 11.8 Å². The van der Waals surface area contributed by atoms with E-state index in [9.17, 15) is 19.2 Å². The summed E-state index contributed by atoms with van der Waals surface area (Å²) in [6, 6.07) is 23.3. The fourth-order valence-corrected chi connectivity index (χ4v) is 9.88. The summed E-state index contributed by atoms with van der Waals surface area (Å²) in [6.07, 6.45) is 1.40. The number of hydrogen-bond donors (Lipinski definition) is 6. The molecule has 0 aromatic heterocycles. The van der Waals surface area contributed by atoms with Gasteiger partial charge in [-0.1, -0.05) is 91.0 Å². The van der Waals surface area contributed by atoms with Crippen molar-refractivity contribution in [3.05, 3.63) is 108 Å². The van der Waals surface area contributed by atoms with Gasteiger partial charge in [-0.15, -0.1) is 0 Å². The van der Waals surface area contributed by atoms with Gasteiger partial charge in [0.1, 0.15) is 44.2 Å². The van der Waals surface area contributed by atoms with Gasteiger partial charge in [0, 0.05) is 31.1 Å². The van der Waals surface area contributed by atoms with Crippen molar-refractivity contribution >= 4 is 60.5 Å². The van der Waals surface area contributed by atoms with Crippen LogP contribution in [-0.4, -0.2) is 108 Å². The van der Waals surface area contributed by atoms with E-state index < -0.39 is 62.2 Å². The molecule has 366 valence electrons. The van der Waals surface area contributed by atoms with E-state index in [-0.39, 0.29) is 38.4 Å². The minimum Gasteiger partial charge on any atom is -0.460 e. The van der Waals surface area contributed by atoms with Crippen LogP contribution in [0, 0.1) is 0 Å². The van der Waals surface area contributed by atoms with E-state index in [1.54, 1.807) is 69.3 Å². The van der Waals surface area contributed by atoms with Crippen molar-refractivity contribution < 1.29 is 38.0 Å². The summed E-state index contributed by atoms with van der Waals surface area (Å²) in [6.45, 7) is 5.26. The molecule has 67 heavy (non-hydrogen) atoms. The Labute approximate surface area is 399 Å². The predicted molar refractivity (Wildman–Crippen MR) is 266 cm³/mol. The van der Waals surface area contributed by atoms with Gasteiger partial charge in [-0.25, -0.2) is 15.0 Å². The zero-order valence-corrected chi connectivity index (χ0v) is 40.6. The Morgan fingerprint density at radius 2 is 1.00 bits per heavy atom. The lowest BCUT2D eigenvalue weighted by Crippen LogP contribution is -2.53. The Bertz CT molecular complexity index is 2000. The highest BCUT2D eigenvalue weighted by molar-refractivity contribution is 7.99. The molecule has 3 rings (SSSR count). The minimum atomic E-state index is -4.43. The number of amidine groups is 3. The summed E-state index contributed by atoms with van der Waals surface area (Å²) >= 11 is 1.30. The van der Waals surface area contributed by atoms with Gasteiger partial charge in [-0.05, 0) is 76.0 Å². The molecule has 10 N–H and O–H groups in total. The minimum absolute atomic E-state index is 0.00819. The Kier molecular flexibility index (Phi) is 26.1. The van der Waals surface area contributed by atoms with Gasteiger partial charge in [0.25, 0.3) is 0 Å². The van der Waals surface area contributed by atoms with E-state index >= 15 is 4.57 Å². The SMILES string of the molecule is CC(N)=NCCCCC(NP(=O)(CN(C(=O)CN)C(CSCCN=C(C)N)C(=O)OCc1ccccc1)NC(CCCCN=C(C)N)C(=O)OCc1ccccc1)C(=O)OCc1ccccc1. The molecule has 18 nitrogen and oxygen atoms in total. The summed E-state index contributed by atoms with van der Waals surface area (Å²) in [5, 5.41) is 6.06. The summed E-state index contributed by atoms with van der Waals surface area (Å²) < 4.78 is 33.4. The van der Waals surface area contributed by atoms with Gasteiger partial charge in [-0.3, -0.25) is 33.9 Å². The number of esters is 3. The maximum absolute atomic E-state index is 16.0. The number of nitrogens with two attached hydrogens (primary N) is 4.